The summed E-state index contributed by atoms with van der Waals surface area (Å²) in [5, 5.41) is 3.55. The van der Waals surface area contributed by atoms with Crippen molar-refractivity contribution >= 4 is 0 Å². The fourth-order valence-corrected chi connectivity index (χ4v) is 3.21. The SMILES string of the molecule is CCC(C)C(CN(CCC(C)C)C1CCCC1)NC. The van der Waals surface area contributed by atoms with E-state index in [0.717, 1.165) is 17.9 Å². The van der Waals surface area contributed by atoms with Gasteiger partial charge in [0, 0.05) is 18.6 Å². The third-order valence-corrected chi connectivity index (χ3v) is 4.97. The van der Waals surface area contributed by atoms with Crippen LogP contribution in [-0.2, 0) is 0 Å². The monoisotopic (exact) mass is 268 g/mol. The van der Waals surface area contributed by atoms with E-state index < -0.39 is 0 Å². The number of nitrogens with one attached hydrogen (secondary N) is 1. The lowest BCUT2D eigenvalue weighted by atomic mass is 9.97. The van der Waals surface area contributed by atoms with E-state index in [4.69, 9.17) is 0 Å². The van der Waals surface area contributed by atoms with Gasteiger partial charge in [0.15, 0.2) is 0 Å². The van der Waals surface area contributed by atoms with Gasteiger partial charge in [-0.2, -0.15) is 0 Å². The Bertz CT molecular complexity index is 221. The Kier molecular flexibility index (Phi) is 8.01. The highest BCUT2D eigenvalue weighted by Gasteiger charge is 2.26. The minimum Gasteiger partial charge on any atom is -0.315 e. The minimum atomic E-state index is 0.651. The molecule has 0 aromatic carbocycles. The Balaban J connectivity index is 2.55. The van der Waals surface area contributed by atoms with Crippen LogP contribution in [0, 0.1) is 11.8 Å². The van der Waals surface area contributed by atoms with Crippen LogP contribution in [0.2, 0.25) is 0 Å². The molecule has 2 unspecified atom stereocenters. The van der Waals surface area contributed by atoms with E-state index in [9.17, 15) is 0 Å². The van der Waals surface area contributed by atoms with Gasteiger partial charge >= 0.3 is 0 Å². The van der Waals surface area contributed by atoms with Gasteiger partial charge in [-0.15, -0.1) is 0 Å². The molecular formula is C17H36N2. The molecule has 2 heteroatoms. The molecule has 1 rings (SSSR count). The molecule has 1 fully saturated rings. The highest BCUT2D eigenvalue weighted by atomic mass is 15.2. The third kappa shape index (κ3) is 5.83. The quantitative estimate of drug-likeness (QED) is 0.682. The van der Waals surface area contributed by atoms with Crippen molar-refractivity contribution in [2.45, 2.75) is 78.3 Å². The van der Waals surface area contributed by atoms with Crippen LogP contribution >= 0.6 is 0 Å². The van der Waals surface area contributed by atoms with Crippen LogP contribution in [0.3, 0.4) is 0 Å². The summed E-state index contributed by atoms with van der Waals surface area (Å²) in [5.41, 5.74) is 0. The lowest BCUT2D eigenvalue weighted by molar-refractivity contribution is 0.154. The summed E-state index contributed by atoms with van der Waals surface area (Å²) in [6.07, 6.45) is 8.35. The van der Waals surface area contributed by atoms with E-state index in [1.165, 1.54) is 51.6 Å². The lowest BCUT2D eigenvalue weighted by Gasteiger charge is -2.35. The Morgan fingerprint density at radius 2 is 1.79 bits per heavy atom. The highest BCUT2D eigenvalue weighted by Crippen LogP contribution is 2.25. The summed E-state index contributed by atoms with van der Waals surface area (Å²) in [6, 6.07) is 1.51. The molecule has 1 aliphatic rings. The molecule has 0 aromatic rings. The molecule has 2 nitrogen and oxygen atoms in total. The molecular weight excluding hydrogens is 232 g/mol. The molecule has 0 bridgehead atoms. The van der Waals surface area contributed by atoms with Crippen molar-refractivity contribution in [3.8, 4) is 0 Å². The van der Waals surface area contributed by atoms with E-state index in [2.05, 4.69) is 45.0 Å². The number of likely N-dealkylation sites (N-methyl/N-ethyl adjacent to an activating group) is 1. The topological polar surface area (TPSA) is 15.3 Å². The normalized spacial score (nSPS) is 20.4. The smallest absolute Gasteiger partial charge is 0.0217 e. The molecule has 19 heavy (non-hydrogen) atoms. The van der Waals surface area contributed by atoms with Gasteiger partial charge in [0.25, 0.3) is 0 Å². The lowest BCUT2D eigenvalue weighted by Crippen LogP contribution is -2.47. The van der Waals surface area contributed by atoms with E-state index in [-0.39, 0.29) is 0 Å². The van der Waals surface area contributed by atoms with Crippen molar-refractivity contribution in [1.29, 1.82) is 0 Å². The average molecular weight is 268 g/mol. The Hall–Kier alpha value is -0.0800. The molecule has 1 saturated carbocycles. The first-order chi connectivity index (χ1) is 9.08. The Morgan fingerprint density at radius 3 is 2.26 bits per heavy atom. The van der Waals surface area contributed by atoms with Crippen molar-refractivity contribution in [3.63, 3.8) is 0 Å². The summed E-state index contributed by atoms with van der Waals surface area (Å²) in [5.74, 6) is 1.59. The highest BCUT2D eigenvalue weighted by molar-refractivity contribution is 4.83. The number of nitrogens with zero attached hydrogens (tertiary/aromatic N) is 1. The molecule has 0 spiro atoms. The largest absolute Gasteiger partial charge is 0.315 e. The maximum atomic E-state index is 3.55. The molecule has 0 aliphatic heterocycles. The number of rotatable bonds is 9. The van der Waals surface area contributed by atoms with Crippen LogP contribution in [0.15, 0.2) is 0 Å². The van der Waals surface area contributed by atoms with Crippen LogP contribution in [0.1, 0.15) is 66.2 Å². The molecule has 0 aromatic heterocycles. The molecule has 1 N–H and O–H groups in total. The zero-order valence-corrected chi connectivity index (χ0v) is 13.9. The summed E-state index contributed by atoms with van der Waals surface area (Å²) in [7, 11) is 2.13. The molecule has 0 amide bonds. The molecule has 1 aliphatic carbocycles. The van der Waals surface area contributed by atoms with Gasteiger partial charge < -0.3 is 5.32 Å². The Labute approximate surface area is 121 Å². The summed E-state index contributed by atoms with van der Waals surface area (Å²) in [6.45, 7) is 11.9. The van der Waals surface area contributed by atoms with E-state index in [0.29, 0.717) is 6.04 Å². The van der Waals surface area contributed by atoms with Crippen molar-refractivity contribution in [3.05, 3.63) is 0 Å². The third-order valence-electron chi connectivity index (χ3n) is 4.97. The van der Waals surface area contributed by atoms with Crippen LogP contribution in [0.5, 0.6) is 0 Å². The van der Waals surface area contributed by atoms with E-state index in [1.54, 1.807) is 0 Å². The summed E-state index contributed by atoms with van der Waals surface area (Å²) in [4.78, 5) is 2.79. The zero-order valence-electron chi connectivity index (χ0n) is 13.9. The van der Waals surface area contributed by atoms with E-state index >= 15 is 0 Å². The van der Waals surface area contributed by atoms with Crippen molar-refractivity contribution < 1.29 is 0 Å². The second-order valence-electron chi connectivity index (χ2n) is 6.90. The van der Waals surface area contributed by atoms with Crippen LogP contribution in [-0.4, -0.2) is 37.1 Å². The van der Waals surface area contributed by atoms with Gasteiger partial charge in [0.2, 0.25) is 0 Å². The first kappa shape index (κ1) is 17.0. The maximum absolute atomic E-state index is 3.55. The minimum absolute atomic E-state index is 0.651. The standard InChI is InChI=1S/C17H36N2/c1-6-15(4)17(18-5)13-19(12-11-14(2)3)16-9-7-8-10-16/h14-18H,6-13H2,1-5H3. The number of hydrogen-bond acceptors (Lipinski definition) is 2. The van der Waals surface area contributed by atoms with Crippen LogP contribution in [0.4, 0.5) is 0 Å². The average Bonchev–Trinajstić information content (AvgIpc) is 2.92. The van der Waals surface area contributed by atoms with Crippen LogP contribution in [0.25, 0.3) is 0 Å². The van der Waals surface area contributed by atoms with Gasteiger partial charge in [-0.25, -0.2) is 0 Å². The zero-order chi connectivity index (χ0) is 14.3. The summed E-state index contributed by atoms with van der Waals surface area (Å²) >= 11 is 0. The van der Waals surface area contributed by atoms with Crippen molar-refractivity contribution in [2.75, 3.05) is 20.1 Å². The van der Waals surface area contributed by atoms with Crippen molar-refractivity contribution in [1.82, 2.24) is 10.2 Å². The second kappa shape index (κ2) is 8.97. The van der Waals surface area contributed by atoms with Crippen molar-refractivity contribution in [2.24, 2.45) is 11.8 Å². The maximum Gasteiger partial charge on any atom is 0.0217 e. The number of hydrogen-bond donors (Lipinski definition) is 1. The molecule has 0 radical (unpaired) electrons. The van der Waals surface area contributed by atoms with E-state index in [1.807, 2.05) is 0 Å². The molecule has 114 valence electrons. The predicted octanol–water partition coefficient (Wildman–Crippen LogP) is 3.91. The second-order valence-corrected chi connectivity index (χ2v) is 6.90. The van der Waals surface area contributed by atoms with Gasteiger partial charge in [-0.3, -0.25) is 4.90 Å². The van der Waals surface area contributed by atoms with Gasteiger partial charge in [0.05, 0.1) is 0 Å². The van der Waals surface area contributed by atoms with Crippen LogP contribution < -0.4 is 5.32 Å². The van der Waals surface area contributed by atoms with Gasteiger partial charge in [0.1, 0.15) is 0 Å². The first-order valence-electron chi connectivity index (χ1n) is 8.49. The fourth-order valence-electron chi connectivity index (χ4n) is 3.21. The predicted molar refractivity (Wildman–Crippen MR) is 85.6 cm³/mol. The Morgan fingerprint density at radius 1 is 1.16 bits per heavy atom. The first-order valence-corrected chi connectivity index (χ1v) is 8.49. The molecule has 2 atom stereocenters. The molecule has 0 saturated heterocycles. The van der Waals surface area contributed by atoms with Gasteiger partial charge in [-0.05, 0) is 44.7 Å². The molecule has 0 heterocycles. The fraction of sp³-hybridized carbons (Fsp3) is 1.00. The van der Waals surface area contributed by atoms with Gasteiger partial charge in [-0.1, -0.05) is 47.0 Å². The summed E-state index contributed by atoms with van der Waals surface area (Å²) < 4.78 is 0.